The first-order valence-corrected chi connectivity index (χ1v) is 5.11. The van der Waals surface area contributed by atoms with Crippen LogP contribution in [0.1, 0.15) is 5.56 Å². The zero-order valence-corrected chi connectivity index (χ0v) is 9.22. The Kier molecular flexibility index (Phi) is 5.14. The van der Waals surface area contributed by atoms with Crippen LogP contribution < -0.4 is 15.8 Å². The van der Waals surface area contributed by atoms with E-state index in [0.29, 0.717) is 31.6 Å². The van der Waals surface area contributed by atoms with Crippen LogP contribution in [0.25, 0.3) is 0 Å². The average molecular weight is 230 g/mol. The Bertz CT molecular complexity index is 345. The summed E-state index contributed by atoms with van der Waals surface area (Å²) < 4.78 is 31.4. The lowest BCUT2D eigenvalue weighted by Crippen LogP contribution is -2.24. The first kappa shape index (κ1) is 12.9. The molecule has 3 N–H and O–H groups in total. The van der Waals surface area contributed by atoms with Gasteiger partial charge in [-0.1, -0.05) is 0 Å². The second-order valence-electron chi connectivity index (χ2n) is 3.37. The summed E-state index contributed by atoms with van der Waals surface area (Å²) in [4.78, 5) is 0. The molecule has 0 unspecified atom stereocenters. The Hall–Kier alpha value is -1.20. The van der Waals surface area contributed by atoms with Gasteiger partial charge in [0.05, 0.1) is 7.11 Å². The lowest BCUT2D eigenvalue weighted by atomic mass is 10.1. The summed E-state index contributed by atoms with van der Waals surface area (Å²) in [7, 11) is 1.31. The molecule has 1 rings (SSSR count). The van der Waals surface area contributed by atoms with Gasteiger partial charge in [0.2, 0.25) is 0 Å². The fourth-order valence-corrected chi connectivity index (χ4v) is 1.37. The first-order chi connectivity index (χ1) is 7.69. The van der Waals surface area contributed by atoms with Gasteiger partial charge in [0, 0.05) is 19.2 Å². The van der Waals surface area contributed by atoms with Gasteiger partial charge < -0.3 is 15.8 Å². The van der Waals surface area contributed by atoms with Crippen molar-refractivity contribution in [2.24, 2.45) is 5.73 Å². The van der Waals surface area contributed by atoms with Crippen molar-refractivity contribution < 1.29 is 13.5 Å². The average Bonchev–Trinajstić information content (AvgIpc) is 2.28. The molecule has 3 nitrogen and oxygen atoms in total. The quantitative estimate of drug-likeness (QED) is 0.718. The van der Waals surface area contributed by atoms with E-state index >= 15 is 0 Å². The van der Waals surface area contributed by atoms with E-state index in [2.05, 4.69) is 10.1 Å². The smallest absolute Gasteiger partial charge is 0.165 e. The van der Waals surface area contributed by atoms with Crippen LogP contribution in [0.4, 0.5) is 8.78 Å². The number of rotatable bonds is 6. The van der Waals surface area contributed by atoms with Gasteiger partial charge in [-0.3, -0.25) is 0 Å². The minimum Gasteiger partial charge on any atom is -0.494 e. The van der Waals surface area contributed by atoms with Gasteiger partial charge in [0.15, 0.2) is 11.6 Å². The maximum Gasteiger partial charge on any atom is 0.165 e. The van der Waals surface area contributed by atoms with E-state index in [1.54, 1.807) is 0 Å². The monoisotopic (exact) mass is 230 g/mol. The van der Waals surface area contributed by atoms with Crippen molar-refractivity contribution in [2.75, 3.05) is 26.7 Å². The Morgan fingerprint density at radius 3 is 2.62 bits per heavy atom. The topological polar surface area (TPSA) is 47.3 Å². The Balaban J connectivity index is 2.63. The van der Waals surface area contributed by atoms with Crippen molar-refractivity contribution >= 4 is 0 Å². The molecule has 5 heteroatoms. The van der Waals surface area contributed by atoms with Crippen molar-refractivity contribution in [3.63, 3.8) is 0 Å². The normalized spacial score (nSPS) is 10.5. The number of nitrogens with one attached hydrogen (secondary N) is 1. The number of hydrogen-bond acceptors (Lipinski definition) is 3. The standard InChI is InChI=1S/C11H16F2N2O/c1-16-11-7-9(12)8(6-10(11)13)2-4-15-5-3-14/h6-7,15H,2-5,14H2,1H3. The summed E-state index contributed by atoms with van der Waals surface area (Å²) in [6.07, 6.45) is 0.423. The van der Waals surface area contributed by atoms with Crippen LogP contribution in [0.3, 0.4) is 0 Å². The molecule has 0 aliphatic rings. The van der Waals surface area contributed by atoms with Gasteiger partial charge in [0.25, 0.3) is 0 Å². The largest absolute Gasteiger partial charge is 0.494 e. The summed E-state index contributed by atoms with van der Waals surface area (Å²) in [6, 6.07) is 2.23. The van der Waals surface area contributed by atoms with Crippen molar-refractivity contribution in [1.82, 2.24) is 5.32 Å². The zero-order chi connectivity index (χ0) is 12.0. The van der Waals surface area contributed by atoms with Crippen LogP contribution in [0.15, 0.2) is 12.1 Å². The number of benzene rings is 1. The highest BCUT2D eigenvalue weighted by molar-refractivity contribution is 5.31. The van der Waals surface area contributed by atoms with Crippen molar-refractivity contribution in [3.8, 4) is 5.75 Å². The molecule has 1 aromatic carbocycles. The number of nitrogens with two attached hydrogens (primary N) is 1. The molecule has 0 saturated heterocycles. The molecule has 1 aromatic rings. The molecule has 0 fully saturated rings. The van der Waals surface area contributed by atoms with Gasteiger partial charge >= 0.3 is 0 Å². The predicted octanol–water partition coefficient (Wildman–Crippen LogP) is 1.06. The predicted molar refractivity (Wildman–Crippen MR) is 58.5 cm³/mol. The van der Waals surface area contributed by atoms with Crippen LogP contribution in [0.5, 0.6) is 5.75 Å². The Labute approximate surface area is 93.6 Å². The summed E-state index contributed by atoms with van der Waals surface area (Å²) in [5, 5.41) is 3.01. The maximum absolute atomic E-state index is 13.4. The van der Waals surface area contributed by atoms with Gasteiger partial charge in [0.1, 0.15) is 5.82 Å². The van der Waals surface area contributed by atoms with E-state index in [1.807, 2.05) is 0 Å². The molecule has 0 radical (unpaired) electrons. The molecule has 0 spiro atoms. The van der Waals surface area contributed by atoms with E-state index in [4.69, 9.17) is 5.73 Å². The lowest BCUT2D eigenvalue weighted by molar-refractivity contribution is 0.381. The third kappa shape index (κ3) is 3.43. The van der Waals surface area contributed by atoms with E-state index < -0.39 is 11.6 Å². The maximum atomic E-state index is 13.4. The highest BCUT2D eigenvalue weighted by Crippen LogP contribution is 2.21. The van der Waals surface area contributed by atoms with Gasteiger partial charge in [-0.15, -0.1) is 0 Å². The van der Waals surface area contributed by atoms with E-state index in [1.165, 1.54) is 7.11 Å². The van der Waals surface area contributed by atoms with Crippen molar-refractivity contribution in [1.29, 1.82) is 0 Å². The second-order valence-corrected chi connectivity index (χ2v) is 3.37. The molecular formula is C11H16F2N2O. The molecule has 0 aliphatic heterocycles. The van der Waals surface area contributed by atoms with Crippen LogP contribution in [-0.2, 0) is 6.42 Å². The molecule has 0 aliphatic carbocycles. The zero-order valence-electron chi connectivity index (χ0n) is 9.22. The number of hydrogen-bond donors (Lipinski definition) is 2. The Morgan fingerprint density at radius 1 is 1.25 bits per heavy atom. The summed E-state index contributed by atoms with van der Waals surface area (Å²) in [5.74, 6) is -1.07. The fraction of sp³-hybridized carbons (Fsp3) is 0.455. The summed E-state index contributed by atoms with van der Waals surface area (Å²) in [5.41, 5.74) is 5.62. The third-order valence-electron chi connectivity index (χ3n) is 2.21. The van der Waals surface area contributed by atoms with E-state index in [-0.39, 0.29) is 5.75 Å². The van der Waals surface area contributed by atoms with Gasteiger partial charge in [-0.05, 0) is 24.6 Å². The van der Waals surface area contributed by atoms with Crippen LogP contribution >= 0.6 is 0 Å². The number of ether oxygens (including phenoxy) is 1. The minimum absolute atomic E-state index is 0.0730. The van der Waals surface area contributed by atoms with Crippen molar-refractivity contribution in [3.05, 3.63) is 29.3 Å². The van der Waals surface area contributed by atoms with Gasteiger partial charge in [-0.25, -0.2) is 8.78 Å². The highest BCUT2D eigenvalue weighted by atomic mass is 19.1. The first-order valence-electron chi connectivity index (χ1n) is 5.11. The molecule has 0 amide bonds. The molecular weight excluding hydrogens is 214 g/mol. The van der Waals surface area contributed by atoms with Crippen LogP contribution in [0, 0.1) is 11.6 Å². The van der Waals surface area contributed by atoms with Crippen LogP contribution in [0.2, 0.25) is 0 Å². The summed E-state index contributed by atoms with van der Waals surface area (Å²) in [6.45, 7) is 1.76. The SMILES string of the molecule is COc1cc(F)c(CCNCCN)cc1F. The fourth-order valence-electron chi connectivity index (χ4n) is 1.37. The molecule has 0 atom stereocenters. The number of halogens is 2. The van der Waals surface area contributed by atoms with Crippen molar-refractivity contribution in [2.45, 2.75) is 6.42 Å². The summed E-state index contributed by atoms with van der Waals surface area (Å²) >= 11 is 0. The number of methoxy groups -OCH3 is 1. The lowest BCUT2D eigenvalue weighted by Gasteiger charge is -2.07. The highest BCUT2D eigenvalue weighted by Gasteiger charge is 2.09. The molecule has 0 bridgehead atoms. The van der Waals surface area contributed by atoms with E-state index in [9.17, 15) is 8.78 Å². The van der Waals surface area contributed by atoms with Gasteiger partial charge in [-0.2, -0.15) is 0 Å². The molecule has 0 aromatic heterocycles. The third-order valence-corrected chi connectivity index (χ3v) is 2.21. The molecule has 16 heavy (non-hydrogen) atoms. The Morgan fingerprint density at radius 2 is 2.00 bits per heavy atom. The van der Waals surface area contributed by atoms with Crippen LogP contribution in [-0.4, -0.2) is 26.7 Å². The molecule has 0 heterocycles. The second kappa shape index (κ2) is 6.40. The minimum atomic E-state index is -0.544. The molecule has 90 valence electrons. The molecule has 0 saturated carbocycles. The van der Waals surface area contributed by atoms with E-state index in [0.717, 1.165) is 12.1 Å².